The smallest absolute Gasteiger partial charge is 0.270 e. The first-order chi connectivity index (χ1) is 17.6. The van der Waals surface area contributed by atoms with Gasteiger partial charge in [-0.3, -0.25) is 19.2 Å². The Kier molecular flexibility index (Phi) is 7.55. The molecule has 0 radical (unpaired) electrons. The van der Waals surface area contributed by atoms with Crippen molar-refractivity contribution in [2.75, 3.05) is 24.1 Å². The van der Waals surface area contributed by atoms with Gasteiger partial charge in [-0.2, -0.15) is 5.10 Å². The minimum atomic E-state index is -4.33. The maximum atomic E-state index is 13.5. The van der Waals surface area contributed by atoms with Crippen molar-refractivity contribution in [2.24, 2.45) is 5.10 Å². The molecule has 1 amide bonds. The van der Waals surface area contributed by atoms with Gasteiger partial charge in [-0.25, -0.2) is 18.2 Å². The van der Waals surface area contributed by atoms with Gasteiger partial charge in [0.1, 0.15) is 25.6 Å². The van der Waals surface area contributed by atoms with Crippen LogP contribution in [0.1, 0.15) is 5.56 Å². The third kappa shape index (κ3) is 5.95. The average molecular weight is 549 g/mol. The molecule has 0 atom stereocenters. The molecule has 1 aliphatic rings. The summed E-state index contributed by atoms with van der Waals surface area (Å²) in [7, 11) is -4.33. The zero-order chi connectivity index (χ0) is 26.6. The molecule has 1 N–H and O–H groups in total. The van der Waals surface area contributed by atoms with Crippen LogP contribution < -0.4 is 19.2 Å². The number of hydrogen-bond donors (Lipinski definition) is 1. The number of benzene rings is 3. The molecule has 192 valence electrons. The SMILES string of the molecule is O=C(CN(c1ccc(F)cc1)S(=O)(=O)c1ccc2c(c1)OCCO2)N/N=C\c1cc([N+](=O)[O-])ccc1Cl. The number of halogens is 2. The van der Waals surface area contributed by atoms with Crippen molar-refractivity contribution in [3.63, 3.8) is 0 Å². The predicted octanol–water partition coefficient (Wildman–Crippen LogP) is 3.50. The quantitative estimate of drug-likeness (QED) is 0.258. The maximum Gasteiger partial charge on any atom is 0.270 e. The largest absolute Gasteiger partial charge is 0.486 e. The van der Waals surface area contributed by atoms with Crippen LogP contribution in [0.4, 0.5) is 15.8 Å². The summed E-state index contributed by atoms with van der Waals surface area (Å²) in [6.45, 7) is -0.154. The lowest BCUT2D eigenvalue weighted by Gasteiger charge is -2.25. The van der Waals surface area contributed by atoms with E-state index in [-0.39, 0.29) is 39.2 Å². The summed E-state index contributed by atoms with van der Waals surface area (Å²) in [6, 6.07) is 12.2. The fraction of sp³-hybridized carbons (Fsp3) is 0.130. The molecule has 3 aromatic carbocycles. The molecule has 0 saturated carbocycles. The first-order valence-corrected chi connectivity index (χ1v) is 12.4. The summed E-state index contributed by atoms with van der Waals surface area (Å²) in [4.78, 5) is 22.8. The molecule has 3 aromatic rings. The minimum absolute atomic E-state index is 0.0251. The van der Waals surface area contributed by atoms with E-state index in [4.69, 9.17) is 21.1 Å². The van der Waals surface area contributed by atoms with Gasteiger partial charge >= 0.3 is 0 Å². The second kappa shape index (κ2) is 10.8. The number of ether oxygens (including phenoxy) is 2. The normalized spacial score (nSPS) is 12.8. The number of fused-ring (bicyclic) bond motifs is 1. The second-order valence-electron chi connectivity index (χ2n) is 7.55. The highest BCUT2D eigenvalue weighted by Crippen LogP contribution is 2.34. The monoisotopic (exact) mass is 548 g/mol. The van der Waals surface area contributed by atoms with Crippen LogP contribution >= 0.6 is 11.6 Å². The molecule has 0 aromatic heterocycles. The van der Waals surface area contributed by atoms with E-state index in [0.717, 1.165) is 28.7 Å². The first kappa shape index (κ1) is 25.9. The van der Waals surface area contributed by atoms with Gasteiger partial charge in [0.15, 0.2) is 11.5 Å². The van der Waals surface area contributed by atoms with Gasteiger partial charge in [0, 0.05) is 28.8 Å². The van der Waals surface area contributed by atoms with Crippen LogP contribution in [-0.2, 0) is 14.8 Å². The van der Waals surface area contributed by atoms with E-state index in [1.165, 1.54) is 42.5 Å². The third-order valence-electron chi connectivity index (χ3n) is 5.09. The summed E-state index contributed by atoms with van der Waals surface area (Å²) in [5.41, 5.74) is 2.13. The molecular formula is C23H18ClFN4O7S. The van der Waals surface area contributed by atoms with E-state index in [9.17, 15) is 27.7 Å². The van der Waals surface area contributed by atoms with E-state index < -0.39 is 33.2 Å². The molecule has 14 heteroatoms. The standard InChI is InChI=1S/C23H18ClFN4O7S/c24-20-7-5-18(29(31)32)11-15(20)13-26-27-23(30)14-28(17-3-1-16(25)2-4-17)37(33,34)19-6-8-21-22(12-19)36-10-9-35-21/h1-8,11-13H,9-10,14H2,(H,27,30)/b26-13-. The summed E-state index contributed by atoms with van der Waals surface area (Å²) < 4.78 is 52.2. The molecule has 11 nitrogen and oxygen atoms in total. The van der Waals surface area contributed by atoms with Crippen molar-refractivity contribution >= 4 is 45.1 Å². The molecule has 0 saturated heterocycles. The lowest BCUT2D eigenvalue weighted by atomic mass is 10.2. The molecule has 0 unspecified atom stereocenters. The molecular weight excluding hydrogens is 531 g/mol. The molecule has 0 fully saturated rings. The van der Waals surface area contributed by atoms with Crippen molar-refractivity contribution in [3.05, 3.63) is 87.2 Å². The number of rotatable bonds is 8. The predicted molar refractivity (Wildman–Crippen MR) is 132 cm³/mol. The van der Waals surface area contributed by atoms with Crippen molar-refractivity contribution in [2.45, 2.75) is 4.90 Å². The van der Waals surface area contributed by atoms with E-state index >= 15 is 0 Å². The van der Waals surface area contributed by atoms with E-state index in [1.807, 2.05) is 0 Å². The highest BCUT2D eigenvalue weighted by Gasteiger charge is 2.29. The van der Waals surface area contributed by atoms with Crippen LogP contribution in [0.25, 0.3) is 0 Å². The summed E-state index contributed by atoms with van der Waals surface area (Å²) in [6.07, 6.45) is 1.09. The Labute approximate surface area is 215 Å². The number of hydrazone groups is 1. The van der Waals surface area contributed by atoms with Gasteiger partial charge in [0.05, 0.1) is 21.7 Å². The number of hydrogen-bond acceptors (Lipinski definition) is 8. The zero-order valence-corrected chi connectivity index (χ0v) is 20.4. The summed E-state index contributed by atoms with van der Waals surface area (Å²) in [5.74, 6) is -0.828. The van der Waals surface area contributed by atoms with Gasteiger partial charge in [-0.15, -0.1) is 0 Å². The Balaban J connectivity index is 1.58. The van der Waals surface area contributed by atoms with Crippen LogP contribution in [0.2, 0.25) is 5.02 Å². The van der Waals surface area contributed by atoms with Crippen molar-refractivity contribution < 1.29 is 32.0 Å². The number of carbonyl (C=O) groups excluding carboxylic acids is 1. The highest BCUT2D eigenvalue weighted by molar-refractivity contribution is 7.92. The molecule has 37 heavy (non-hydrogen) atoms. The molecule has 0 aliphatic carbocycles. The lowest BCUT2D eigenvalue weighted by molar-refractivity contribution is -0.384. The number of nitro groups is 1. The van der Waals surface area contributed by atoms with Crippen LogP contribution in [0.3, 0.4) is 0 Å². The van der Waals surface area contributed by atoms with Crippen LogP contribution in [0.15, 0.2) is 70.7 Å². The van der Waals surface area contributed by atoms with E-state index in [2.05, 4.69) is 10.5 Å². The fourth-order valence-corrected chi connectivity index (χ4v) is 4.92. The third-order valence-corrected chi connectivity index (χ3v) is 7.20. The molecule has 0 spiro atoms. The Hall–Kier alpha value is -4.23. The number of sulfonamides is 1. The summed E-state index contributed by atoms with van der Waals surface area (Å²) >= 11 is 6.01. The molecule has 1 heterocycles. The first-order valence-electron chi connectivity index (χ1n) is 10.6. The fourth-order valence-electron chi connectivity index (χ4n) is 3.32. The average Bonchev–Trinajstić information content (AvgIpc) is 2.88. The van der Waals surface area contributed by atoms with Crippen molar-refractivity contribution in [1.29, 1.82) is 0 Å². The number of nitrogens with zero attached hydrogens (tertiary/aromatic N) is 3. The van der Waals surface area contributed by atoms with Crippen molar-refractivity contribution in [1.82, 2.24) is 5.43 Å². The zero-order valence-electron chi connectivity index (χ0n) is 18.8. The van der Waals surface area contributed by atoms with Gasteiger partial charge < -0.3 is 9.47 Å². The van der Waals surface area contributed by atoms with Gasteiger partial charge in [-0.05, 0) is 42.5 Å². The number of anilines is 1. The van der Waals surface area contributed by atoms with Gasteiger partial charge in [-0.1, -0.05) is 11.6 Å². The van der Waals surface area contributed by atoms with Crippen molar-refractivity contribution in [3.8, 4) is 11.5 Å². The van der Waals surface area contributed by atoms with Crippen LogP contribution in [-0.4, -0.2) is 45.2 Å². The number of carbonyl (C=O) groups is 1. The molecule has 4 rings (SSSR count). The van der Waals surface area contributed by atoms with E-state index in [0.29, 0.717) is 12.4 Å². The summed E-state index contributed by atoms with van der Waals surface area (Å²) in [5, 5.41) is 14.8. The Morgan fingerprint density at radius 2 is 1.81 bits per heavy atom. The minimum Gasteiger partial charge on any atom is -0.486 e. The number of nitro benzene ring substituents is 1. The highest BCUT2D eigenvalue weighted by atomic mass is 35.5. The van der Waals surface area contributed by atoms with Gasteiger partial charge in [0.2, 0.25) is 0 Å². The topological polar surface area (TPSA) is 140 Å². The Morgan fingerprint density at radius 1 is 1.11 bits per heavy atom. The number of non-ortho nitro benzene ring substituents is 1. The Bertz CT molecular complexity index is 1480. The van der Waals surface area contributed by atoms with Gasteiger partial charge in [0.25, 0.3) is 21.6 Å². The number of nitrogens with one attached hydrogen (secondary N) is 1. The Morgan fingerprint density at radius 3 is 2.51 bits per heavy atom. The lowest BCUT2D eigenvalue weighted by Crippen LogP contribution is -2.39. The second-order valence-corrected chi connectivity index (χ2v) is 9.82. The van der Waals surface area contributed by atoms with Crippen LogP contribution in [0, 0.1) is 15.9 Å². The molecule has 0 bridgehead atoms. The number of amides is 1. The van der Waals surface area contributed by atoms with E-state index in [1.54, 1.807) is 0 Å². The maximum absolute atomic E-state index is 13.5. The molecule has 1 aliphatic heterocycles. The van der Waals surface area contributed by atoms with Crippen LogP contribution in [0.5, 0.6) is 11.5 Å².